The van der Waals surface area contributed by atoms with Crippen molar-refractivity contribution in [2.45, 2.75) is 39.0 Å². The van der Waals surface area contributed by atoms with Crippen LogP contribution >= 0.6 is 0 Å². The topological polar surface area (TPSA) is 0 Å². The number of aryl methyl sites for hydroxylation is 1. The zero-order chi connectivity index (χ0) is 17.8. The number of hydrogen-bond donors (Lipinski definition) is 0. The van der Waals surface area contributed by atoms with Gasteiger partial charge < -0.3 is 0 Å². The van der Waals surface area contributed by atoms with Crippen molar-refractivity contribution in [1.29, 1.82) is 0 Å². The van der Waals surface area contributed by atoms with Gasteiger partial charge in [0.2, 0.25) is 0 Å². The fraction of sp³-hybridized carbons (Fsp3) is 0.231. The molecular weight excluding hydrogens is 312 g/mol. The van der Waals surface area contributed by atoms with Crippen LogP contribution in [-0.4, -0.2) is 0 Å². The number of hydrogen-bond acceptors (Lipinski definition) is 0. The molecule has 0 heterocycles. The molecule has 0 saturated carbocycles. The Labute approximate surface area is 156 Å². The average molecular weight is 338 g/mol. The molecule has 0 amide bonds. The largest absolute Gasteiger partial charge is 0.0654 e. The van der Waals surface area contributed by atoms with Crippen LogP contribution < -0.4 is 0 Å². The van der Waals surface area contributed by atoms with E-state index in [2.05, 4.69) is 85.8 Å². The summed E-state index contributed by atoms with van der Waals surface area (Å²) in [4.78, 5) is 0. The molecule has 26 heavy (non-hydrogen) atoms. The first-order valence-corrected chi connectivity index (χ1v) is 9.86. The van der Waals surface area contributed by atoms with Crippen molar-refractivity contribution in [1.82, 2.24) is 0 Å². The maximum atomic E-state index is 2.33. The van der Waals surface area contributed by atoms with E-state index in [4.69, 9.17) is 0 Å². The Hall–Kier alpha value is -2.60. The SMILES string of the molecule is CCCCCCc1ccc(-c2cccc3cc4ccccc4cc23)cc1. The number of rotatable bonds is 6. The number of fused-ring (bicyclic) bond motifs is 2. The first kappa shape index (κ1) is 16.8. The molecule has 0 unspecified atom stereocenters. The molecule has 4 aromatic carbocycles. The van der Waals surface area contributed by atoms with Crippen molar-refractivity contribution >= 4 is 21.5 Å². The molecule has 0 spiro atoms. The van der Waals surface area contributed by atoms with Crippen LogP contribution in [0.25, 0.3) is 32.7 Å². The van der Waals surface area contributed by atoms with Gasteiger partial charge in [-0.25, -0.2) is 0 Å². The van der Waals surface area contributed by atoms with Gasteiger partial charge in [-0.2, -0.15) is 0 Å². The Morgan fingerprint density at radius 1 is 0.615 bits per heavy atom. The Morgan fingerprint density at radius 3 is 2.12 bits per heavy atom. The first-order chi connectivity index (χ1) is 12.8. The summed E-state index contributed by atoms with van der Waals surface area (Å²) in [6.45, 7) is 2.27. The van der Waals surface area contributed by atoms with Gasteiger partial charge in [-0.15, -0.1) is 0 Å². The minimum absolute atomic E-state index is 1.19. The zero-order valence-corrected chi connectivity index (χ0v) is 15.5. The standard InChI is InChI=1S/C26H26/c1-2-3-4-5-9-20-14-16-21(17-15-20)25-13-8-12-24-18-22-10-6-7-11-23(22)19-26(24)25/h6-8,10-19H,2-5,9H2,1H3. The molecule has 130 valence electrons. The molecule has 0 aliphatic heterocycles. The molecule has 0 aliphatic rings. The number of benzene rings is 4. The lowest BCUT2D eigenvalue weighted by atomic mass is 9.94. The first-order valence-electron chi connectivity index (χ1n) is 9.86. The zero-order valence-electron chi connectivity index (χ0n) is 15.5. The van der Waals surface area contributed by atoms with E-state index in [1.54, 1.807) is 0 Å². The third kappa shape index (κ3) is 3.51. The van der Waals surface area contributed by atoms with Crippen molar-refractivity contribution in [2.75, 3.05) is 0 Å². The average Bonchev–Trinajstić information content (AvgIpc) is 2.70. The molecule has 0 N–H and O–H groups in total. The highest BCUT2D eigenvalue weighted by Crippen LogP contribution is 2.32. The highest BCUT2D eigenvalue weighted by Gasteiger charge is 2.05. The van der Waals surface area contributed by atoms with Crippen molar-refractivity contribution in [2.24, 2.45) is 0 Å². The highest BCUT2D eigenvalue weighted by molar-refractivity contribution is 6.04. The van der Waals surface area contributed by atoms with E-state index < -0.39 is 0 Å². The van der Waals surface area contributed by atoms with Gasteiger partial charge in [-0.1, -0.05) is 92.9 Å². The van der Waals surface area contributed by atoms with Crippen molar-refractivity contribution in [3.63, 3.8) is 0 Å². The fourth-order valence-corrected chi connectivity index (χ4v) is 3.83. The van der Waals surface area contributed by atoms with E-state index in [0.717, 1.165) is 0 Å². The lowest BCUT2D eigenvalue weighted by Gasteiger charge is -2.10. The van der Waals surface area contributed by atoms with Gasteiger partial charge in [0.1, 0.15) is 0 Å². The Bertz CT molecular complexity index is 1010. The minimum atomic E-state index is 1.19. The van der Waals surface area contributed by atoms with Crippen LogP contribution in [0.2, 0.25) is 0 Å². The second-order valence-corrected chi connectivity index (χ2v) is 7.23. The third-order valence-corrected chi connectivity index (χ3v) is 5.33. The van der Waals surface area contributed by atoms with Crippen molar-refractivity contribution in [3.8, 4) is 11.1 Å². The number of unbranched alkanes of at least 4 members (excludes halogenated alkanes) is 3. The fourth-order valence-electron chi connectivity index (χ4n) is 3.83. The van der Waals surface area contributed by atoms with Crippen molar-refractivity contribution in [3.05, 3.63) is 84.4 Å². The van der Waals surface area contributed by atoms with Gasteiger partial charge in [0.05, 0.1) is 0 Å². The minimum Gasteiger partial charge on any atom is -0.0654 e. The van der Waals surface area contributed by atoms with Gasteiger partial charge in [0.15, 0.2) is 0 Å². The summed E-state index contributed by atoms with van der Waals surface area (Å²) in [5.74, 6) is 0. The Morgan fingerprint density at radius 2 is 1.35 bits per heavy atom. The van der Waals surface area contributed by atoms with Gasteiger partial charge in [0.25, 0.3) is 0 Å². The lowest BCUT2D eigenvalue weighted by Crippen LogP contribution is -1.87. The summed E-state index contributed by atoms with van der Waals surface area (Å²) in [5.41, 5.74) is 4.09. The van der Waals surface area contributed by atoms with Gasteiger partial charge >= 0.3 is 0 Å². The van der Waals surface area contributed by atoms with Crippen LogP contribution in [-0.2, 0) is 6.42 Å². The van der Waals surface area contributed by atoms with Crippen LogP contribution in [0.1, 0.15) is 38.2 Å². The Balaban J connectivity index is 1.66. The van der Waals surface area contributed by atoms with E-state index >= 15 is 0 Å². The highest BCUT2D eigenvalue weighted by atomic mass is 14.1. The second-order valence-electron chi connectivity index (χ2n) is 7.23. The molecule has 0 atom stereocenters. The predicted octanol–water partition coefficient (Wildman–Crippen LogP) is 7.78. The molecule has 0 radical (unpaired) electrons. The second kappa shape index (κ2) is 7.74. The summed E-state index contributed by atoms with van der Waals surface area (Å²) >= 11 is 0. The molecule has 0 aromatic heterocycles. The summed E-state index contributed by atoms with van der Waals surface area (Å²) < 4.78 is 0. The molecule has 4 aromatic rings. The summed E-state index contributed by atoms with van der Waals surface area (Å²) in [7, 11) is 0. The molecule has 0 nitrogen and oxygen atoms in total. The van der Waals surface area contributed by atoms with Gasteiger partial charge in [-0.3, -0.25) is 0 Å². The molecule has 0 bridgehead atoms. The van der Waals surface area contributed by atoms with E-state index in [1.807, 2.05) is 0 Å². The van der Waals surface area contributed by atoms with Crippen molar-refractivity contribution < 1.29 is 0 Å². The maximum Gasteiger partial charge on any atom is -0.00990 e. The summed E-state index contributed by atoms with van der Waals surface area (Å²) in [6.07, 6.45) is 6.49. The van der Waals surface area contributed by atoms with Crippen LogP contribution in [0.4, 0.5) is 0 Å². The Kier molecular flexibility index (Phi) is 5.02. The molecule has 4 rings (SSSR count). The summed E-state index contributed by atoms with van der Waals surface area (Å²) in [5, 5.41) is 5.26. The third-order valence-electron chi connectivity index (χ3n) is 5.33. The molecule has 0 heteroatoms. The predicted molar refractivity (Wildman–Crippen MR) is 115 cm³/mol. The monoisotopic (exact) mass is 338 g/mol. The van der Waals surface area contributed by atoms with E-state index in [9.17, 15) is 0 Å². The molecule has 0 fully saturated rings. The van der Waals surface area contributed by atoms with E-state index in [0.29, 0.717) is 0 Å². The normalized spacial score (nSPS) is 11.3. The van der Waals surface area contributed by atoms with E-state index in [1.165, 1.54) is 70.3 Å². The van der Waals surface area contributed by atoms with Gasteiger partial charge in [-0.05, 0) is 63.2 Å². The van der Waals surface area contributed by atoms with Crippen LogP contribution in [0, 0.1) is 0 Å². The molecule has 0 saturated heterocycles. The van der Waals surface area contributed by atoms with Crippen LogP contribution in [0.15, 0.2) is 78.9 Å². The van der Waals surface area contributed by atoms with Gasteiger partial charge in [0, 0.05) is 0 Å². The molecular formula is C26H26. The van der Waals surface area contributed by atoms with E-state index in [-0.39, 0.29) is 0 Å². The lowest BCUT2D eigenvalue weighted by molar-refractivity contribution is 0.667. The quantitative estimate of drug-likeness (QED) is 0.249. The van der Waals surface area contributed by atoms with Crippen LogP contribution in [0.3, 0.4) is 0 Å². The van der Waals surface area contributed by atoms with Crippen LogP contribution in [0.5, 0.6) is 0 Å². The maximum absolute atomic E-state index is 2.33. The summed E-state index contributed by atoms with van der Waals surface area (Å²) in [6, 6.07) is 29.1. The molecule has 0 aliphatic carbocycles. The smallest absolute Gasteiger partial charge is 0.00990 e.